The predicted octanol–water partition coefficient (Wildman–Crippen LogP) is 5.91. The summed E-state index contributed by atoms with van der Waals surface area (Å²) in [4.78, 5) is 10.8. The second-order valence-corrected chi connectivity index (χ2v) is 6.98. The lowest BCUT2D eigenvalue weighted by atomic mass is 9.99. The fourth-order valence-electron chi connectivity index (χ4n) is 2.02. The number of ether oxygens (including phenoxy) is 1. The summed E-state index contributed by atoms with van der Waals surface area (Å²) >= 11 is 0. The van der Waals surface area contributed by atoms with Crippen molar-refractivity contribution < 1.29 is 14.6 Å². The van der Waals surface area contributed by atoms with Gasteiger partial charge in [0.1, 0.15) is 5.60 Å². The van der Waals surface area contributed by atoms with Crippen molar-refractivity contribution in [3.63, 3.8) is 0 Å². The molecular formula is C22H38O3. The Bertz CT molecular complexity index is 476. The van der Waals surface area contributed by atoms with Gasteiger partial charge in [0, 0.05) is 6.92 Å². The van der Waals surface area contributed by atoms with Crippen LogP contribution in [0.15, 0.2) is 47.6 Å². The molecule has 0 radical (unpaired) electrons. The highest BCUT2D eigenvalue weighted by Gasteiger charge is 2.22. The number of carbonyl (C=O) groups is 1. The molecule has 0 aromatic carbocycles. The zero-order valence-corrected chi connectivity index (χ0v) is 17.3. The minimum atomic E-state index is -0.530. The summed E-state index contributed by atoms with van der Waals surface area (Å²) in [6.07, 6.45) is 11.7. The van der Waals surface area contributed by atoms with Crippen LogP contribution in [-0.4, -0.2) is 23.3 Å². The van der Waals surface area contributed by atoms with E-state index in [0.717, 1.165) is 25.7 Å². The van der Waals surface area contributed by atoms with Gasteiger partial charge in [-0.25, -0.2) is 0 Å². The number of hydrogen-bond acceptors (Lipinski definition) is 3. The van der Waals surface area contributed by atoms with E-state index in [2.05, 4.69) is 53.3 Å². The molecule has 0 spiro atoms. The Morgan fingerprint density at radius 2 is 1.52 bits per heavy atom. The molecule has 0 heterocycles. The molecular weight excluding hydrogens is 312 g/mol. The minimum absolute atomic E-state index is 0.167. The van der Waals surface area contributed by atoms with E-state index in [-0.39, 0.29) is 12.6 Å². The van der Waals surface area contributed by atoms with Crippen LogP contribution in [0.5, 0.6) is 0 Å². The predicted molar refractivity (Wildman–Crippen MR) is 109 cm³/mol. The van der Waals surface area contributed by atoms with Gasteiger partial charge in [0.2, 0.25) is 0 Å². The van der Waals surface area contributed by atoms with Crippen molar-refractivity contribution in [3.8, 4) is 0 Å². The lowest BCUT2D eigenvalue weighted by Crippen LogP contribution is -2.27. The van der Waals surface area contributed by atoms with Crippen LogP contribution in [0.3, 0.4) is 0 Å². The molecule has 3 nitrogen and oxygen atoms in total. The first kappa shape index (κ1) is 25.6. The molecule has 1 unspecified atom stereocenters. The van der Waals surface area contributed by atoms with Crippen LogP contribution in [-0.2, 0) is 9.53 Å². The lowest BCUT2D eigenvalue weighted by Gasteiger charge is -2.24. The molecule has 0 bridgehead atoms. The fraction of sp³-hybridized carbons (Fsp3) is 0.591. The minimum Gasteiger partial charge on any atom is -0.455 e. The van der Waals surface area contributed by atoms with E-state index in [1.54, 1.807) is 6.08 Å². The molecule has 3 heteroatoms. The molecule has 144 valence electrons. The lowest BCUT2D eigenvalue weighted by molar-refractivity contribution is -0.151. The van der Waals surface area contributed by atoms with Gasteiger partial charge in [0.15, 0.2) is 0 Å². The van der Waals surface area contributed by atoms with Crippen LogP contribution in [0.1, 0.15) is 74.1 Å². The maximum absolute atomic E-state index is 10.8. The van der Waals surface area contributed by atoms with Crippen LogP contribution in [0.25, 0.3) is 0 Å². The summed E-state index contributed by atoms with van der Waals surface area (Å²) in [7, 11) is 0. The van der Waals surface area contributed by atoms with Crippen molar-refractivity contribution in [2.45, 2.75) is 79.8 Å². The van der Waals surface area contributed by atoms with Crippen molar-refractivity contribution in [1.82, 2.24) is 0 Å². The molecule has 0 fully saturated rings. The van der Waals surface area contributed by atoms with Crippen LogP contribution < -0.4 is 0 Å². The number of aliphatic hydroxyl groups is 1. The Kier molecular flexibility index (Phi) is 15.1. The Morgan fingerprint density at radius 1 is 1.00 bits per heavy atom. The van der Waals surface area contributed by atoms with Crippen LogP contribution in [0.4, 0.5) is 0 Å². The second-order valence-electron chi connectivity index (χ2n) is 6.98. The zero-order chi connectivity index (χ0) is 19.9. The summed E-state index contributed by atoms with van der Waals surface area (Å²) in [5, 5.41) is 8.55. The highest BCUT2D eigenvalue weighted by Crippen LogP contribution is 2.19. The van der Waals surface area contributed by atoms with E-state index in [9.17, 15) is 4.79 Å². The van der Waals surface area contributed by atoms with Gasteiger partial charge < -0.3 is 9.84 Å². The number of rotatable bonds is 9. The topological polar surface area (TPSA) is 46.5 Å². The van der Waals surface area contributed by atoms with E-state index in [1.165, 1.54) is 23.6 Å². The van der Waals surface area contributed by atoms with Gasteiger partial charge >= 0.3 is 5.97 Å². The van der Waals surface area contributed by atoms with E-state index in [4.69, 9.17) is 9.84 Å². The summed E-state index contributed by atoms with van der Waals surface area (Å²) in [6.45, 7) is 17.5. The van der Waals surface area contributed by atoms with Crippen molar-refractivity contribution in [2.24, 2.45) is 0 Å². The van der Waals surface area contributed by atoms with Crippen molar-refractivity contribution in [3.05, 3.63) is 47.6 Å². The van der Waals surface area contributed by atoms with Crippen molar-refractivity contribution >= 4 is 5.97 Å². The third-order valence-corrected chi connectivity index (χ3v) is 3.53. The molecule has 0 aromatic heterocycles. The molecule has 1 N–H and O–H groups in total. The third-order valence-electron chi connectivity index (χ3n) is 3.53. The summed E-state index contributed by atoms with van der Waals surface area (Å²) in [5.74, 6) is -0.260. The van der Waals surface area contributed by atoms with Crippen LogP contribution >= 0.6 is 0 Å². The molecule has 1 atom stereocenters. The van der Waals surface area contributed by atoms with Gasteiger partial charge in [-0.1, -0.05) is 41.5 Å². The van der Waals surface area contributed by atoms with Gasteiger partial charge in [0.05, 0.1) is 6.61 Å². The summed E-state index contributed by atoms with van der Waals surface area (Å²) < 4.78 is 5.18. The molecule has 0 rings (SSSR count). The standard InChI is InChI=1S/C12H20O2.C10H18O/c1-6-12(5,14-11(4)13)9-7-8-10(2)3;1-9(2)5-4-6-10(3)7-8-11/h6,8H,1,7,9H2,2-5H3;5,7,11H,4,6,8H2,1-3H3. The first-order valence-corrected chi connectivity index (χ1v) is 8.92. The maximum atomic E-state index is 10.8. The van der Waals surface area contributed by atoms with Gasteiger partial charge in [-0.3, -0.25) is 4.79 Å². The number of esters is 1. The van der Waals surface area contributed by atoms with Gasteiger partial charge in [0.25, 0.3) is 0 Å². The molecule has 0 aliphatic carbocycles. The van der Waals surface area contributed by atoms with E-state index in [1.807, 2.05) is 13.0 Å². The Morgan fingerprint density at radius 3 is 1.92 bits per heavy atom. The number of allylic oxidation sites excluding steroid dienone is 5. The van der Waals surface area contributed by atoms with Crippen LogP contribution in [0.2, 0.25) is 0 Å². The molecule has 25 heavy (non-hydrogen) atoms. The first-order chi connectivity index (χ1) is 11.6. The SMILES string of the molecule is C=CC(C)(CCC=C(C)C)OC(C)=O.CC(C)=CCCC(C)=CCO. The van der Waals surface area contributed by atoms with E-state index < -0.39 is 5.60 Å². The van der Waals surface area contributed by atoms with Gasteiger partial charge in [-0.15, -0.1) is 0 Å². The molecule has 0 aliphatic heterocycles. The van der Waals surface area contributed by atoms with E-state index >= 15 is 0 Å². The molecule has 0 aliphatic rings. The van der Waals surface area contributed by atoms with Gasteiger partial charge in [-0.05, 0) is 73.3 Å². The molecule has 0 saturated heterocycles. The third kappa shape index (κ3) is 18.6. The Hall–Kier alpha value is -1.61. The molecule has 0 saturated carbocycles. The summed E-state index contributed by atoms with van der Waals surface area (Å²) in [6, 6.07) is 0. The molecule has 0 amide bonds. The van der Waals surface area contributed by atoms with Crippen LogP contribution in [0, 0.1) is 0 Å². The number of hydrogen-bond donors (Lipinski definition) is 1. The highest BCUT2D eigenvalue weighted by molar-refractivity contribution is 5.66. The first-order valence-electron chi connectivity index (χ1n) is 8.92. The average molecular weight is 351 g/mol. The van der Waals surface area contributed by atoms with Crippen molar-refractivity contribution in [1.29, 1.82) is 0 Å². The Labute approximate surface area is 155 Å². The summed E-state index contributed by atoms with van der Waals surface area (Å²) in [5.41, 5.74) is 3.38. The molecule has 0 aromatic rings. The van der Waals surface area contributed by atoms with Crippen molar-refractivity contribution in [2.75, 3.05) is 6.61 Å². The average Bonchev–Trinajstić information content (AvgIpc) is 2.46. The number of carbonyl (C=O) groups excluding carboxylic acids is 1. The maximum Gasteiger partial charge on any atom is 0.303 e. The van der Waals surface area contributed by atoms with E-state index in [0.29, 0.717) is 0 Å². The normalized spacial score (nSPS) is 12.9. The largest absolute Gasteiger partial charge is 0.455 e. The quantitative estimate of drug-likeness (QED) is 0.415. The number of aliphatic hydroxyl groups excluding tert-OH is 1. The smallest absolute Gasteiger partial charge is 0.303 e. The highest BCUT2D eigenvalue weighted by atomic mass is 16.6. The monoisotopic (exact) mass is 350 g/mol. The zero-order valence-electron chi connectivity index (χ0n) is 17.3. The van der Waals surface area contributed by atoms with Gasteiger partial charge in [-0.2, -0.15) is 0 Å². The Balaban J connectivity index is 0. The second kappa shape index (κ2) is 14.7. The fourth-order valence-corrected chi connectivity index (χ4v) is 2.02.